The Morgan fingerprint density at radius 1 is 1.44 bits per heavy atom. The minimum absolute atomic E-state index is 0.467. The second-order valence-corrected chi connectivity index (χ2v) is 4.15. The summed E-state index contributed by atoms with van der Waals surface area (Å²) in [6.07, 6.45) is 4.17. The highest BCUT2D eigenvalue weighted by Gasteiger charge is 2.14. The fourth-order valence-corrected chi connectivity index (χ4v) is 2.08. The van der Waals surface area contributed by atoms with Gasteiger partial charge in [0.1, 0.15) is 0 Å². The van der Waals surface area contributed by atoms with E-state index in [-0.39, 0.29) is 0 Å². The molecule has 3 rings (SSSR count). The first-order chi connectivity index (χ1) is 7.92. The number of aromatic amines is 1. The van der Waals surface area contributed by atoms with Crippen molar-refractivity contribution in [2.45, 2.75) is 18.9 Å². The molecule has 0 saturated carbocycles. The summed E-state index contributed by atoms with van der Waals surface area (Å²) >= 11 is 0. The van der Waals surface area contributed by atoms with Crippen LogP contribution in [0.5, 0.6) is 0 Å². The normalized spacial score (nSPS) is 21.1. The molecule has 2 aromatic rings. The first-order valence-electron chi connectivity index (χ1n) is 5.70. The quantitative estimate of drug-likeness (QED) is 0.705. The predicted molar refractivity (Wildman–Crippen MR) is 63.4 cm³/mol. The van der Waals surface area contributed by atoms with Gasteiger partial charge in [0.25, 0.3) is 0 Å². The van der Waals surface area contributed by atoms with Crippen molar-refractivity contribution >= 4 is 17.1 Å². The van der Waals surface area contributed by atoms with E-state index in [1.165, 1.54) is 12.8 Å². The van der Waals surface area contributed by atoms with E-state index in [2.05, 4.69) is 25.6 Å². The molecule has 0 radical (unpaired) electrons. The maximum absolute atomic E-state index is 4.40. The van der Waals surface area contributed by atoms with Crippen LogP contribution in [0, 0.1) is 0 Å². The Balaban J connectivity index is 1.78. The number of hydrogen-bond acceptors (Lipinski definition) is 4. The Morgan fingerprint density at radius 2 is 2.44 bits per heavy atom. The first-order valence-corrected chi connectivity index (χ1v) is 5.70. The Morgan fingerprint density at radius 3 is 3.25 bits per heavy atom. The summed E-state index contributed by atoms with van der Waals surface area (Å²) < 4.78 is 0. The third-order valence-electron chi connectivity index (χ3n) is 2.90. The lowest BCUT2D eigenvalue weighted by Gasteiger charge is -2.23. The third kappa shape index (κ3) is 1.86. The number of nitrogens with one attached hydrogen (secondary N) is 3. The van der Waals surface area contributed by atoms with Crippen LogP contribution in [0.2, 0.25) is 0 Å². The van der Waals surface area contributed by atoms with Gasteiger partial charge in [-0.25, -0.2) is 4.98 Å². The number of rotatable bonds is 2. The van der Waals surface area contributed by atoms with Crippen molar-refractivity contribution in [1.82, 2.24) is 20.3 Å². The van der Waals surface area contributed by atoms with Crippen LogP contribution >= 0.6 is 0 Å². The van der Waals surface area contributed by atoms with E-state index in [4.69, 9.17) is 0 Å². The van der Waals surface area contributed by atoms with Crippen molar-refractivity contribution in [3.05, 3.63) is 18.3 Å². The van der Waals surface area contributed by atoms with Gasteiger partial charge in [0.15, 0.2) is 5.65 Å². The summed E-state index contributed by atoms with van der Waals surface area (Å²) in [7, 11) is 0. The number of imidazole rings is 1. The van der Waals surface area contributed by atoms with Crippen molar-refractivity contribution < 1.29 is 0 Å². The minimum atomic E-state index is 0.467. The molecule has 0 aliphatic carbocycles. The maximum Gasteiger partial charge on any atom is 0.202 e. The third-order valence-corrected chi connectivity index (χ3v) is 2.90. The molecule has 84 valence electrons. The van der Waals surface area contributed by atoms with Crippen LogP contribution in [0.3, 0.4) is 0 Å². The molecule has 1 aliphatic heterocycles. The Bertz CT molecular complexity index is 439. The van der Waals surface area contributed by atoms with Gasteiger partial charge in [0.2, 0.25) is 5.95 Å². The molecule has 16 heavy (non-hydrogen) atoms. The fourth-order valence-electron chi connectivity index (χ4n) is 2.08. The lowest BCUT2D eigenvalue weighted by atomic mass is 10.1. The Hall–Kier alpha value is -1.62. The van der Waals surface area contributed by atoms with Crippen LogP contribution in [0.15, 0.2) is 18.3 Å². The largest absolute Gasteiger partial charge is 0.352 e. The van der Waals surface area contributed by atoms with Gasteiger partial charge >= 0.3 is 0 Å². The fraction of sp³-hybridized carbons (Fsp3) is 0.455. The summed E-state index contributed by atoms with van der Waals surface area (Å²) in [5.74, 6) is 0.822. The van der Waals surface area contributed by atoms with Crippen molar-refractivity contribution in [2.75, 3.05) is 18.4 Å². The Kier molecular flexibility index (Phi) is 2.46. The highest BCUT2D eigenvalue weighted by molar-refractivity contribution is 5.72. The molecule has 0 bridgehead atoms. The molecule has 0 amide bonds. The van der Waals surface area contributed by atoms with Crippen LogP contribution in [0.25, 0.3) is 11.2 Å². The van der Waals surface area contributed by atoms with E-state index in [0.717, 1.165) is 30.2 Å². The van der Waals surface area contributed by atoms with Crippen molar-refractivity contribution in [3.8, 4) is 0 Å². The Labute approximate surface area is 93.7 Å². The predicted octanol–water partition coefficient (Wildman–Crippen LogP) is 1.12. The molecule has 3 N–H and O–H groups in total. The molecule has 1 saturated heterocycles. The molecule has 1 atom stereocenters. The van der Waals surface area contributed by atoms with E-state index in [1.807, 2.05) is 12.1 Å². The van der Waals surface area contributed by atoms with Crippen LogP contribution in [-0.4, -0.2) is 34.1 Å². The topological polar surface area (TPSA) is 65.6 Å². The van der Waals surface area contributed by atoms with Gasteiger partial charge in [-0.15, -0.1) is 0 Å². The van der Waals surface area contributed by atoms with Gasteiger partial charge in [-0.2, -0.15) is 4.98 Å². The van der Waals surface area contributed by atoms with E-state index in [1.54, 1.807) is 6.20 Å². The number of hydrogen-bond donors (Lipinski definition) is 3. The van der Waals surface area contributed by atoms with Crippen molar-refractivity contribution in [1.29, 1.82) is 0 Å². The highest BCUT2D eigenvalue weighted by Crippen LogP contribution is 2.13. The molecular weight excluding hydrogens is 202 g/mol. The van der Waals surface area contributed by atoms with Gasteiger partial charge < -0.3 is 15.6 Å². The van der Waals surface area contributed by atoms with Crippen LogP contribution in [-0.2, 0) is 0 Å². The van der Waals surface area contributed by atoms with Crippen molar-refractivity contribution in [3.63, 3.8) is 0 Å². The van der Waals surface area contributed by atoms with Crippen molar-refractivity contribution in [2.24, 2.45) is 0 Å². The maximum atomic E-state index is 4.40. The van der Waals surface area contributed by atoms with E-state index in [9.17, 15) is 0 Å². The minimum Gasteiger partial charge on any atom is -0.352 e. The highest BCUT2D eigenvalue weighted by atomic mass is 15.2. The zero-order chi connectivity index (χ0) is 10.8. The smallest absolute Gasteiger partial charge is 0.202 e. The SMILES string of the molecule is c1cnc2nc(NC3CCCNC3)[nH]c2c1. The lowest BCUT2D eigenvalue weighted by Crippen LogP contribution is -2.38. The summed E-state index contributed by atoms with van der Waals surface area (Å²) in [6, 6.07) is 4.36. The molecule has 0 aromatic carbocycles. The van der Waals surface area contributed by atoms with Crippen LogP contribution in [0.4, 0.5) is 5.95 Å². The number of H-pyrrole nitrogens is 1. The first kappa shape index (κ1) is 9.59. The number of nitrogens with zero attached hydrogens (tertiary/aromatic N) is 2. The van der Waals surface area contributed by atoms with Gasteiger partial charge in [0.05, 0.1) is 5.52 Å². The number of anilines is 1. The second kappa shape index (κ2) is 4.09. The van der Waals surface area contributed by atoms with E-state index >= 15 is 0 Å². The molecular formula is C11H15N5. The molecule has 3 heterocycles. The van der Waals surface area contributed by atoms with Gasteiger partial charge in [-0.05, 0) is 31.5 Å². The van der Waals surface area contributed by atoms with E-state index in [0.29, 0.717) is 6.04 Å². The molecule has 1 fully saturated rings. The number of fused-ring (bicyclic) bond motifs is 1. The number of piperidine rings is 1. The number of pyridine rings is 1. The molecule has 2 aromatic heterocycles. The van der Waals surface area contributed by atoms with Gasteiger partial charge in [-0.3, -0.25) is 0 Å². The average Bonchev–Trinajstić information content (AvgIpc) is 2.72. The van der Waals surface area contributed by atoms with Crippen LogP contribution in [0.1, 0.15) is 12.8 Å². The monoisotopic (exact) mass is 217 g/mol. The zero-order valence-electron chi connectivity index (χ0n) is 9.03. The summed E-state index contributed by atoms with van der Waals surface area (Å²) in [4.78, 5) is 11.8. The zero-order valence-corrected chi connectivity index (χ0v) is 9.03. The van der Waals surface area contributed by atoms with E-state index < -0.39 is 0 Å². The molecule has 0 spiro atoms. The lowest BCUT2D eigenvalue weighted by molar-refractivity contribution is 0.478. The molecule has 1 aliphatic rings. The summed E-state index contributed by atoms with van der Waals surface area (Å²) in [5.41, 5.74) is 1.75. The molecule has 5 heteroatoms. The molecule has 1 unspecified atom stereocenters. The van der Waals surface area contributed by atoms with Gasteiger partial charge in [0, 0.05) is 18.8 Å². The molecule has 5 nitrogen and oxygen atoms in total. The standard InChI is InChI=1S/C11H15N5/c1-3-8(7-12-5-1)14-11-15-9-4-2-6-13-10(9)16-11/h2,4,6,8,12H,1,3,5,7H2,(H2,13,14,15,16). The van der Waals surface area contributed by atoms with Gasteiger partial charge in [-0.1, -0.05) is 0 Å². The average molecular weight is 217 g/mol. The second-order valence-electron chi connectivity index (χ2n) is 4.15. The number of aromatic nitrogens is 3. The summed E-state index contributed by atoms with van der Waals surface area (Å²) in [6.45, 7) is 2.13. The summed E-state index contributed by atoms with van der Waals surface area (Å²) in [5, 5.41) is 6.77. The van der Waals surface area contributed by atoms with Crippen LogP contribution < -0.4 is 10.6 Å².